The maximum absolute atomic E-state index is 12.5. The molecule has 0 radical (unpaired) electrons. The first-order valence-electron chi connectivity index (χ1n) is 21.6. The molecule has 1 unspecified atom stereocenters. The molecule has 4 aromatic carbocycles. The SMILES string of the molecule is CC(C)(C)OC(=O)N1CCC(Cc2cc(-c3ccc(O)cc3)cc3c2cnn3C2CCCCO2)CC1.Cl.Oc1ccc(-c2cc3c(c(CC4CCNCC4)c2)C=NC3)cc1. The highest BCUT2D eigenvalue weighted by atomic mass is 35.5. The number of nitrogens with zero attached hydrogens (tertiary/aromatic N) is 4. The molecule has 1 amide bonds. The summed E-state index contributed by atoms with van der Waals surface area (Å²) in [5.74, 6) is 1.83. The van der Waals surface area contributed by atoms with Crippen molar-refractivity contribution in [3.8, 4) is 33.8 Å². The molecule has 0 saturated carbocycles. The van der Waals surface area contributed by atoms with Gasteiger partial charge in [0.15, 0.2) is 6.23 Å². The number of rotatable bonds is 7. The van der Waals surface area contributed by atoms with Crippen LogP contribution in [0.15, 0.2) is 84.0 Å². The van der Waals surface area contributed by atoms with Crippen LogP contribution in [0.4, 0.5) is 4.79 Å². The Morgan fingerprint density at radius 2 is 1.42 bits per heavy atom. The number of amides is 1. The van der Waals surface area contributed by atoms with E-state index < -0.39 is 5.60 Å². The molecule has 1 atom stereocenters. The van der Waals surface area contributed by atoms with Crippen molar-refractivity contribution in [2.24, 2.45) is 16.8 Å². The Labute approximate surface area is 360 Å². The number of carbonyl (C=O) groups excluding carboxylic acids is 1. The van der Waals surface area contributed by atoms with Crippen LogP contribution in [0.25, 0.3) is 33.2 Å². The Balaban J connectivity index is 0.000000195. The Morgan fingerprint density at radius 3 is 2.05 bits per heavy atom. The average Bonchev–Trinajstić information content (AvgIpc) is 3.90. The van der Waals surface area contributed by atoms with Gasteiger partial charge in [0.1, 0.15) is 17.1 Å². The van der Waals surface area contributed by atoms with E-state index in [1.807, 2.05) is 67.0 Å². The van der Waals surface area contributed by atoms with Crippen LogP contribution in [0.1, 0.15) is 94.2 Å². The number of fused-ring (bicyclic) bond motifs is 2. The van der Waals surface area contributed by atoms with E-state index in [2.05, 4.69) is 34.6 Å². The lowest BCUT2D eigenvalue weighted by molar-refractivity contribution is -0.0366. The van der Waals surface area contributed by atoms with Gasteiger partial charge in [-0.1, -0.05) is 36.4 Å². The number of piperidine rings is 2. The smallest absolute Gasteiger partial charge is 0.410 e. The van der Waals surface area contributed by atoms with Gasteiger partial charge in [-0.2, -0.15) is 5.10 Å². The van der Waals surface area contributed by atoms with Crippen LogP contribution in [0.3, 0.4) is 0 Å². The number of nitrogens with one attached hydrogen (secondary N) is 1. The van der Waals surface area contributed by atoms with Crippen molar-refractivity contribution in [2.75, 3.05) is 32.8 Å². The second-order valence-corrected chi connectivity index (χ2v) is 17.8. The molecule has 5 heterocycles. The highest BCUT2D eigenvalue weighted by Gasteiger charge is 2.28. The highest BCUT2D eigenvalue weighted by molar-refractivity contribution is 5.89. The lowest BCUT2D eigenvalue weighted by Gasteiger charge is -2.33. The van der Waals surface area contributed by atoms with E-state index in [0.717, 1.165) is 112 Å². The topological polar surface area (TPSA) is 121 Å². The number of halogens is 1. The molecule has 0 bridgehead atoms. The van der Waals surface area contributed by atoms with E-state index in [9.17, 15) is 15.0 Å². The molecule has 11 heteroatoms. The molecule has 3 saturated heterocycles. The molecule has 3 fully saturated rings. The van der Waals surface area contributed by atoms with Gasteiger partial charge in [0.05, 0.1) is 18.3 Å². The third-order valence-corrected chi connectivity index (χ3v) is 12.2. The van der Waals surface area contributed by atoms with Crippen LogP contribution < -0.4 is 5.32 Å². The zero-order valence-corrected chi connectivity index (χ0v) is 36.1. The van der Waals surface area contributed by atoms with Gasteiger partial charge in [0.2, 0.25) is 0 Å². The maximum atomic E-state index is 12.5. The fraction of sp³-hybridized carbons (Fsp3) is 0.449. The minimum atomic E-state index is -0.476. The highest BCUT2D eigenvalue weighted by Crippen LogP contribution is 2.36. The fourth-order valence-corrected chi connectivity index (χ4v) is 9.01. The Hall–Kier alpha value is -4.90. The molecule has 4 aliphatic rings. The van der Waals surface area contributed by atoms with Crippen LogP contribution >= 0.6 is 12.4 Å². The molecule has 1 aromatic heterocycles. The molecule has 5 aromatic rings. The van der Waals surface area contributed by atoms with Gasteiger partial charge in [-0.3, -0.25) is 4.99 Å². The number of benzene rings is 4. The second kappa shape index (κ2) is 19.2. The van der Waals surface area contributed by atoms with E-state index in [4.69, 9.17) is 14.6 Å². The first-order valence-corrected chi connectivity index (χ1v) is 21.6. The van der Waals surface area contributed by atoms with E-state index in [1.165, 1.54) is 46.0 Å². The largest absolute Gasteiger partial charge is 0.508 e. The molecule has 0 spiro atoms. The fourth-order valence-electron chi connectivity index (χ4n) is 9.01. The van der Waals surface area contributed by atoms with Crippen LogP contribution in [-0.4, -0.2) is 75.6 Å². The maximum Gasteiger partial charge on any atom is 0.410 e. The second-order valence-electron chi connectivity index (χ2n) is 17.8. The lowest BCUT2D eigenvalue weighted by Crippen LogP contribution is -2.42. The molecule has 9 rings (SSSR count). The number of phenolic OH excluding ortho intramolecular Hbond substituents is 2. The van der Waals surface area contributed by atoms with E-state index in [1.54, 1.807) is 24.3 Å². The van der Waals surface area contributed by atoms with Crippen molar-refractivity contribution in [3.63, 3.8) is 0 Å². The summed E-state index contributed by atoms with van der Waals surface area (Å²) in [6.07, 6.45) is 13.5. The van der Waals surface area contributed by atoms with Gasteiger partial charge in [-0.05, 0) is 179 Å². The molecule has 4 aliphatic heterocycles. The molecular weight excluding hydrogens is 774 g/mol. The predicted octanol–water partition coefficient (Wildman–Crippen LogP) is 10.3. The first-order chi connectivity index (χ1) is 28.6. The molecule has 10 nitrogen and oxygen atoms in total. The van der Waals surface area contributed by atoms with Crippen LogP contribution in [0.5, 0.6) is 11.5 Å². The van der Waals surface area contributed by atoms with Crippen LogP contribution in [0, 0.1) is 11.8 Å². The Morgan fingerprint density at radius 1 is 0.800 bits per heavy atom. The van der Waals surface area contributed by atoms with Crippen molar-refractivity contribution in [1.29, 1.82) is 0 Å². The van der Waals surface area contributed by atoms with E-state index in [-0.39, 0.29) is 30.5 Å². The van der Waals surface area contributed by atoms with Gasteiger partial charge in [-0.15, -0.1) is 12.4 Å². The zero-order chi connectivity index (χ0) is 40.9. The monoisotopic (exact) mass is 833 g/mol. The van der Waals surface area contributed by atoms with Gasteiger partial charge in [0, 0.05) is 36.9 Å². The zero-order valence-electron chi connectivity index (χ0n) is 35.2. The summed E-state index contributed by atoms with van der Waals surface area (Å²) in [4.78, 5) is 18.8. The van der Waals surface area contributed by atoms with Crippen molar-refractivity contribution in [2.45, 2.75) is 96.9 Å². The molecule has 60 heavy (non-hydrogen) atoms. The number of hydrogen-bond acceptors (Lipinski definition) is 8. The standard InChI is InChI=1S/C29H37N3O4.C20H22N2O.ClH/c1-29(2,3)36-28(34)31-13-11-20(12-14-31)16-23-17-22(21-7-9-24(33)10-8-21)18-26-25(23)19-30-32(26)27-6-4-5-15-35-27;23-19-3-1-15(2-4-19)16-10-17(9-14-5-7-21-8-6-14)20-13-22-12-18(20)11-16;/h7-10,17-20,27,33H,4-6,11-16H2,1-3H3;1-4,10-11,13-14,21,23H,5-9,12H2;1H. The molecule has 318 valence electrons. The van der Waals surface area contributed by atoms with Crippen molar-refractivity contribution < 1.29 is 24.5 Å². The number of likely N-dealkylation sites (tertiary alicyclic amines) is 1. The quantitative estimate of drug-likeness (QED) is 0.149. The van der Waals surface area contributed by atoms with Gasteiger partial charge < -0.3 is 29.9 Å². The van der Waals surface area contributed by atoms with Gasteiger partial charge in [-0.25, -0.2) is 9.48 Å². The molecule has 0 aliphatic carbocycles. The number of ether oxygens (including phenoxy) is 2. The number of hydrogen-bond donors (Lipinski definition) is 3. The predicted molar refractivity (Wildman–Crippen MR) is 241 cm³/mol. The summed E-state index contributed by atoms with van der Waals surface area (Å²) in [6, 6.07) is 23.9. The summed E-state index contributed by atoms with van der Waals surface area (Å²) in [6.45, 7) is 11.0. The minimum absolute atomic E-state index is 0. The number of carbonyl (C=O) groups is 1. The third kappa shape index (κ3) is 10.5. The molecular formula is C49H60ClN5O5. The third-order valence-electron chi connectivity index (χ3n) is 12.2. The summed E-state index contributed by atoms with van der Waals surface area (Å²) in [7, 11) is 0. The number of aliphatic imine (C=N–C) groups is 1. The van der Waals surface area contributed by atoms with E-state index in [0.29, 0.717) is 11.7 Å². The van der Waals surface area contributed by atoms with Crippen molar-refractivity contribution in [1.82, 2.24) is 20.0 Å². The van der Waals surface area contributed by atoms with Crippen molar-refractivity contribution in [3.05, 3.63) is 101 Å². The summed E-state index contributed by atoms with van der Waals surface area (Å²) in [5.41, 5.74) is 10.6. The number of aromatic nitrogens is 2. The normalized spacial score (nSPS) is 18.4. The number of phenols is 2. The van der Waals surface area contributed by atoms with Gasteiger partial charge >= 0.3 is 6.09 Å². The minimum Gasteiger partial charge on any atom is -0.508 e. The van der Waals surface area contributed by atoms with E-state index >= 15 is 0 Å². The molecule has 3 N–H and O–H groups in total. The summed E-state index contributed by atoms with van der Waals surface area (Å²) < 4.78 is 13.7. The number of aromatic hydroxyl groups is 2. The Bertz CT molecular complexity index is 2250. The first kappa shape index (κ1) is 43.2. The lowest BCUT2D eigenvalue weighted by atomic mass is 9.86. The van der Waals surface area contributed by atoms with Gasteiger partial charge in [0.25, 0.3) is 0 Å². The van der Waals surface area contributed by atoms with Crippen LogP contribution in [0.2, 0.25) is 0 Å². The van der Waals surface area contributed by atoms with Crippen molar-refractivity contribution >= 4 is 35.6 Å². The Kier molecular flexibility index (Phi) is 13.8. The van der Waals surface area contributed by atoms with Crippen LogP contribution in [-0.2, 0) is 28.9 Å². The summed E-state index contributed by atoms with van der Waals surface area (Å²) >= 11 is 0. The average molecular weight is 835 g/mol. The summed E-state index contributed by atoms with van der Waals surface area (Å²) in [5, 5.41) is 28.7.